The first-order valence-corrected chi connectivity index (χ1v) is 6.97. The lowest BCUT2D eigenvalue weighted by atomic mass is 9.86. The largest absolute Gasteiger partial charge is 0.508 e. The van der Waals surface area contributed by atoms with Crippen LogP contribution in [0.15, 0.2) is 54.7 Å². The van der Waals surface area contributed by atoms with Crippen molar-refractivity contribution in [2.24, 2.45) is 0 Å². The molecule has 0 aliphatic carbocycles. The lowest BCUT2D eigenvalue weighted by Crippen LogP contribution is -2.31. The molecule has 0 bridgehead atoms. The molecule has 0 radical (unpaired) electrons. The Hall–Kier alpha value is -1.93. The number of hydrogen-bond acceptors (Lipinski definition) is 6. The van der Waals surface area contributed by atoms with Gasteiger partial charge in [0.2, 0.25) is 0 Å². The Kier molecular flexibility index (Phi) is 8.86. The van der Waals surface area contributed by atoms with E-state index in [1.807, 2.05) is 35.2 Å². The molecular formula is C15H21BN2O4. The number of hydrogen-bond donors (Lipinski definition) is 4. The van der Waals surface area contributed by atoms with Crippen LogP contribution >= 0.6 is 0 Å². The number of para-hydroxylation sites is 1. The average Bonchev–Trinajstić information content (AvgIpc) is 2.57. The second kappa shape index (κ2) is 10.8. The van der Waals surface area contributed by atoms with Gasteiger partial charge in [0.05, 0.1) is 18.8 Å². The summed E-state index contributed by atoms with van der Waals surface area (Å²) in [5.74, 6) is 0. The van der Waals surface area contributed by atoms with E-state index in [4.69, 9.17) is 20.3 Å². The SMILES string of the molecule is OB(O)c1ccccn1.OCCN(CCO)c1ccccc1. The molecule has 0 aliphatic heterocycles. The molecule has 0 aliphatic rings. The van der Waals surface area contributed by atoms with Gasteiger partial charge in [0.15, 0.2) is 0 Å². The number of anilines is 1. The predicted molar refractivity (Wildman–Crippen MR) is 86.9 cm³/mol. The summed E-state index contributed by atoms with van der Waals surface area (Å²) in [6, 6.07) is 14.7. The van der Waals surface area contributed by atoms with E-state index in [2.05, 4.69) is 4.98 Å². The topological polar surface area (TPSA) is 97.0 Å². The van der Waals surface area contributed by atoms with Crippen molar-refractivity contribution in [3.63, 3.8) is 0 Å². The van der Waals surface area contributed by atoms with Crippen LogP contribution in [0.5, 0.6) is 0 Å². The number of benzene rings is 1. The van der Waals surface area contributed by atoms with Crippen molar-refractivity contribution in [3.05, 3.63) is 54.7 Å². The molecule has 2 aromatic rings. The van der Waals surface area contributed by atoms with Crippen molar-refractivity contribution in [3.8, 4) is 0 Å². The summed E-state index contributed by atoms with van der Waals surface area (Å²) >= 11 is 0. The zero-order chi connectivity index (χ0) is 16.2. The van der Waals surface area contributed by atoms with Crippen LogP contribution in [-0.4, -0.2) is 58.7 Å². The molecule has 1 aromatic heterocycles. The van der Waals surface area contributed by atoms with Crippen LogP contribution in [0.4, 0.5) is 5.69 Å². The molecule has 7 heteroatoms. The minimum absolute atomic E-state index is 0.106. The molecule has 4 N–H and O–H groups in total. The summed E-state index contributed by atoms with van der Waals surface area (Å²) in [6.07, 6.45) is 1.51. The van der Waals surface area contributed by atoms with Crippen molar-refractivity contribution < 1.29 is 20.3 Å². The maximum Gasteiger partial charge on any atom is 0.508 e. The summed E-state index contributed by atoms with van der Waals surface area (Å²) in [6.45, 7) is 1.33. The first kappa shape index (κ1) is 18.1. The summed E-state index contributed by atoms with van der Waals surface area (Å²) < 4.78 is 0. The molecule has 2 rings (SSSR count). The van der Waals surface area contributed by atoms with Crippen LogP contribution in [0.1, 0.15) is 0 Å². The van der Waals surface area contributed by atoms with Gasteiger partial charge in [-0.05, 0) is 24.3 Å². The maximum absolute atomic E-state index is 8.80. The van der Waals surface area contributed by atoms with Crippen LogP contribution < -0.4 is 10.5 Å². The summed E-state index contributed by atoms with van der Waals surface area (Å²) in [7, 11) is -1.45. The van der Waals surface area contributed by atoms with Gasteiger partial charge < -0.3 is 25.2 Å². The Bertz CT molecular complexity index is 493. The summed E-state index contributed by atoms with van der Waals surface area (Å²) in [4.78, 5) is 5.62. The zero-order valence-corrected chi connectivity index (χ0v) is 12.3. The fourth-order valence-electron chi connectivity index (χ4n) is 1.78. The number of aromatic nitrogens is 1. The minimum atomic E-state index is -1.45. The van der Waals surface area contributed by atoms with E-state index in [-0.39, 0.29) is 18.8 Å². The fraction of sp³-hybridized carbons (Fsp3) is 0.267. The second-order valence-electron chi connectivity index (χ2n) is 4.40. The predicted octanol–water partition coefficient (Wildman–Crippen LogP) is -0.761. The summed E-state index contributed by atoms with van der Waals surface area (Å²) in [5, 5.41) is 34.6. The third-order valence-corrected chi connectivity index (χ3v) is 2.81. The standard InChI is InChI=1S/C10H15NO2.C5H6BNO2/c12-8-6-11(7-9-13)10-4-2-1-3-5-10;8-6(9)5-3-1-2-4-7-5/h1-5,12-13H,6-9H2;1-4,8-9H. The molecule has 0 unspecified atom stereocenters. The van der Waals surface area contributed by atoms with Crippen molar-refractivity contribution in [1.29, 1.82) is 0 Å². The van der Waals surface area contributed by atoms with Crippen molar-refractivity contribution in [1.82, 2.24) is 4.98 Å². The molecule has 118 valence electrons. The summed E-state index contributed by atoms with van der Waals surface area (Å²) in [5.41, 5.74) is 1.31. The van der Waals surface area contributed by atoms with E-state index < -0.39 is 7.12 Å². The monoisotopic (exact) mass is 304 g/mol. The number of aliphatic hydroxyl groups is 2. The first-order valence-electron chi connectivity index (χ1n) is 6.97. The van der Waals surface area contributed by atoms with E-state index in [9.17, 15) is 0 Å². The van der Waals surface area contributed by atoms with Crippen molar-refractivity contribution >= 4 is 18.4 Å². The highest BCUT2D eigenvalue weighted by Gasteiger charge is 2.09. The van der Waals surface area contributed by atoms with Crippen LogP contribution in [0.2, 0.25) is 0 Å². The second-order valence-corrected chi connectivity index (χ2v) is 4.40. The Labute approximate surface area is 130 Å². The van der Waals surface area contributed by atoms with E-state index in [1.54, 1.807) is 18.2 Å². The molecule has 22 heavy (non-hydrogen) atoms. The lowest BCUT2D eigenvalue weighted by molar-refractivity contribution is 0.281. The van der Waals surface area contributed by atoms with Gasteiger partial charge in [-0.25, -0.2) is 0 Å². The van der Waals surface area contributed by atoms with Crippen LogP contribution in [0, 0.1) is 0 Å². The number of pyridine rings is 1. The van der Waals surface area contributed by atoms with Crippen molar-refractivity contribution in [2.45, 2.75) is 0 Å². The molecule has 0 atom stereocenters. The fourth-order valence-corrected chi connectivity index (χ4v) is 1.78. The van der Waals surface area contributed by atoms with Gasteiger partial charge >= 0.3 is 7.12 Å². The molecule has 0 amide bonds. The molecule has 0 fully saturated rings. The van der Waals surface area contributed by atoms with E-state index >= 15 is 0 Å². The lowest BCUT2D eigenvalue weighted by Gasteiger charge is -2.22. The Morgan fingerprint density at radius 3 is 1.86 bits per heavy atom. The van der Waals surface area contributed by atoms with E-state index in [0.29, 0.717) is 13.1 Å². The van der Waals surface area contributed by atoms with Crippen molar-refractivity contribution in [2.75, 3.05) is 31.2 Å². The first-order chi connectivity index (χ1) is 10.7. The van der Waals surface area contributed by atoms with Gasteiger partial charge in [-0.15, -0.1) is 0 Å². The van der Waals surface area contributed by atoms with Gasteiger partial charge in [0.1, 0.15) is 0 Å². The third kappa shape index (κ3) is 6.69. The Morgan fingerprint density at radius 2 is 1.45 bits per heavy atom. The maximum atomic E-state index is 8.80. The highest BCUT2D eigenvalue weighted by Crippen LogP contribution is 2.11. The normalized spacial score (nSPS) is 9.64. The Balaban J connectivity index is 0.000000235. The van der Waals surface area contributed by atoms with E-state index in [0.717, 1.165) is 5.69 Å². The molecule has 1 heterocycles. The molecule has 1 aromatic carbocycles. The molecular weight excluding hydrogens is 283 g/mol. The highest BCUT2D eigenvalue weighted by atomic mass is 16.4. The number of aliphatic hydroxyl groups excluding tert-OH is 2. The molecule has 0 saturated carbocycles. The van der Waals surface area contributed by atoms with Gasteiger partial charge in [-0.1, -0.05) is 24.3 Å². The number of nitrogens with zero attached hydrogens (tertiary/aromatic N) is 2. The van der Waals surface area contributed by atoms with Gasteiger partial charge in [-0.2, -0.15) is 0 Å². The zero-order valence-electron chi connectivity index (χ0n) is 12.3. The van der Waals surface area contributed by atoms with Gasteiger partial charge in [-0.3, -0.25) is 4.98 Å². The average molecular weight is 304 g/mol. The Morgan fingerprint density at radius 1 is 0.864 bits per heavy atom. The van der Waals surface area contributed by atoms with Gasteiger partial charge in [0, 0.05) is 25.0 Å². The van der Waals surface area contributed by atoms with Crippen LogP contribution in [-0.2, 0) is 0 Å². The van der Waals surface area contributed by atoms with Crippen LogP contribution in [0.3, 0.4) is 0 Å². The molecule has 0 saturated heterocycles. The molecule has 6 nitrogen and oxygen atoms in total. The quantitative estimate of drug-likeness (QED) is 0.524. The van der Waals surface area contributed by atoms with Crippen LogP contribution in [0.25, 0.3) is 0 Å². The third-order valence-electron chi connectivity index (χ3n) is 2.81. The minimum Gasteiger partial charge on any atom is -0.422 e. The molecule has 0 spiro atoms. The number of rotatable bonds is 6. The smallest absolute Gasteiger partial charge is 0.422 e. The van der Waals surface area contributed by atoms with Gasteiger partial charge in [0.25, 0.3) is 0 Å². The highest BCUT2D eigenvalue weighted by molar-refractivity contribution is 6.57. The van der Waals surface area contributed by atoms with E-state index in [1.165, 1.54) is 6.20 Å².